The van der Waals surface area contributed by atoms with Crippen LogP contribution in [0, 0.1) is 12.8 Å². The van der Waals surface area contributed by atoms with E-state index >= 15 is 0 Å². The standard InChI is InChI=1S/C18H27NO3S/c1-6-12(2)14(4)19(15-8-9-15)18(20)17-11-16(23(5,21)22)10-7-13(17)3/h7,10-12,14-15H,6,8-9H2,1-5H3/t12-,14-/m0/s1. The summed E-state index contributed by atoms with van der Waals surface area (Å²) in [7, 11) is -3.32. The van der Waals surface area contributed by atoms with Crippen LogP contribution in [0.1, 0.15) is 56.0 Å². The van der Waals surface area contributed by atoms with Gasteiger partial charge >= 0.3 is 0 Å². The lowest BCUT2D eigenvalue weighted by Crippen LogP contribution is -2.43. The van der Waals surface area contributed by atoms with Crippen molar-refractivity contribution in [1.29, 1.82) is 0 Å². The maximum Gasteiger partial charge on any atom is 0.254 e. The minimum atomic E-state index is -3.32. The number of nitrogens with zero attached hydrogens (tertiary/aromatic N) is 1. The Morgan fingerprint density at radius 1 is 1.30 bits per heavy atom. The molecule has 1 aromatic carbocycles. The van der Waals surface area contributed by atoms with Gasteiger partial charge in [-0.25, -0.2) is 8.42 Å². The molecule has 1 amide bonds. The Balaban J connectivity index is 2.41. The molecule has 1 aromatic rings. The zero-order chi connectivity index (χ0) is 17.4. The second-order valence-electron chi connectivity index (χ2n) is 6.82. The highest BCUT2D eigenvalue weighted by atomic mass is 32.2. The molecule has 0 unspecified atom stereocenters. The van der Waals surface area contributed by atoms with Gasteiger partial charge in [-0.3, -0.25) is 4.79 Å². The van der Waals surface area contributed by atoms with E-state index in [2.05, 4.69) is 20.8 Å². The minimum Gasteiger partial charge on any atom is -0.333 e. The summed E-state index contributed by atoms with van der Waals surface area (Å²) in [4.78, 5) is 15.3. The Bertz CT molecular complexity index is 692. The monoisotopic (exact) mass is 337 g/mol. The number of aryl methyl sites for hydroxylation is 1. The molecule has 1 aliphatic rings. The van der Waals surface area contributed by atoms with Gasteiger partial charge in [-0.15, -0.1) is 0 Å². The van der Waals surface area contributed by atoms with Crippen molar-refractivity contribution in [3.8, 4) is 0 Å². The van der Waals surface area contributed by atoms with Crippen LogP contribution in [0.25, 0.3) is 0 Å². The highest BCUT2D eigenvalue weighted by Gasteiger charge is 2.38. The summed E-state index contributed by atoms with van der Waals surface area (Å²) < 4.78 is 23.6. The molecule has 0 aliphatic heterocycles. The van der Waals surface area contributed by atoms with Crippen LogP contribution in [0.2, 0.25) is 0 Å². The molecule has 2 atom stereocenters. The van der Waals surface area contributed by atoms with Crippen LogP contribution in [0.15, 0.2) is 23.1 Å². The molecule has 0 bridgehead atoms. The van der Waals surface area contributed by atoms with Gasteiger partial charge in [-0.05, 0) is 50.3 Å². The second kappa shape index (κ2) is 6.63. The van der Waals surface area contributed by atoms with Crippen LogP contribution in [0.4, 0.5) is 0 Å². The Labute approximate surface area is 139 Å². The summed E-state index contributed by atoms with van der Waals surface area (Å²) in [6, 6.07) is 5.28. The quantitative estimate of drug-likeness (QED) is 0.799. The van der Waals surface area contributed by atoms with E-state index in [0.29, 0.717) is 17.5 Å². The second-order valence-corrected chi connectivity index (χ2v) is 8.83. The van der Waals surface area contributed by atoms with Crippen molar-refractivity contribution >= 4 is 15.7 Å². The topological polar surface area (TPSA) is 54.5 Å². The number of carbonyl (C=O) groups is 1. The molecule has 0 N–H and O–H groups in total. The van der Waals surface area contributed by atoms with Crippen molar-refractivity contribution in [2.45, 2.75) is 63.9 Å². The molecule has 2 rings (SSSR count). The first-order valence-corrected chi connectivity index (χ1v) is 10.2. The van der Waals surface area contributed by atoms with Crippen molar-refractivity contribution in [3.05, 3.63) is 29.3 Å². The third-order valence-corrected chi connectivity index (χ3v) is 6.06. The number of hydrogen-bond donors (Lipinski definition) is 0. The highest BCUT2D eigenvalue weighted by Crippen LogP contribution is 2.33. The van der Waals surface area contributed by atoms with Gasteiger partial charge < -0.3 is 4.90 Å². The van der Waals surface area contributed by atoms with E-state index in [-0.39, 0.29) is 16.8 Å². The lowest BCUT2D eigenvalue weighted by molar-refractivity contribution is 0.0614. The van der Waals surface area contributed by atoms with Gasteiger partial charge in [0, 0.05) is 23.9 Å². The number of sulfone groups is 1. The van der Waals surface area contributed by atoms with Gasteiger partial charge in [0.2, 0.25) is 0 Å². The molecule has 4 nitrogen and oxygen atoms in total. The SMILES string of the molecule is CC[C@H](C)[C@H](C)N(C(=O)c1cc(S(C)(=O)=O)ccc1C)C1CC1. The van der Waals surface area contributed by atoms with Crippen molar-refractivity contribution < 1.29 is 13.2 Å². The highest BCUT2D eigenvalue weighted by molar-refractivity contribution is 7.90. The minimum absolute atomic E-state index is 0.0386. The van der Waals surface area contributed by atoms with Gasteiger partial charge in [-0.1, -0.05) is 26.3 Å². The number of amides is 1. The summed E-state index contributed by atoms with van der Waals surface area (Å²) >= 11 is 0. The third-order valence-electron chi connectivity index (χ3n) is 4.95. The first kappa shape index (κ1) is 18.0. The molecule has 1 saturated carbocycles. The van der Waals surface area contributed by atoms with Crippen LogP contribution in [0.5, 0.6) is 0 Å². The molecule has 1 aliphatic carbocycles. The number of hydrogen-bond acceptors (Lipinski definition) is 3. The van der Waals surface area contributed by atoms with Gasteiger partial charge in [0.25, 0.3) is 5.91 Å². The normalized spacial score (nSPS) is 17.6. The third kappa shape index (κ3) is 3.94. The van der Waals surface area contributed by atoms with Crippen LogP contribution >= 0.6 is 0 Å². The fraction of sp³-hybridized carbons (Fsp3) is 0.611. The van der Waals surface area contributed by atoms with Crippen LogP contribution in [-0.2, 0) is 9.84 Å². The van der Waals surface area contributed by atoms with Crippen molar-refractivity contribution in [2.24, 2.45) is 5.92 Å². The average molecular weight is 337 g/mol. The lowest BCUT2D eigenvalue weighted by Gasteiger charge is -2.33. The first-order valence-electron chi connectivity index (χ1n) is 8.30. The predicted molar refractivity (Wildman–Crippen MR) is 92.4 cm³/mol. The molecule has 0 saturated heterocycles. The first-order chi connectivity index (χ1) is 10.7. The lowest BCUT2D eigenvalue weighted by atomic mass is 9.97. The van der Waals surface area contributed by atoms with E-state index in [9.17, 15) is 13.2 Å². The summed E-state index contributed by atoms with van der Waals surface area (Å²) in [5.41, 5.74) is 1.33. The van der Waals surface area contributed by atoms with Crippen molar-refractivity contribution in [2.75, 3.05) is 6.26 Å². The van der Waals surface area contributed by atoms with Crippen LogP contribution < -0.4 is 0 Å². The molecule has 1 fully saturated rings. The Morgan fingerprint density at radius 3 is 2.39 bits per heavy atom. The van der Waals surface area contributed by atoms with Crippen molar-refractivity contribution in [1.82, 2.24) is 4.90 Å². The fourth-order valence-corrected chi connectivity index (χ4v) is 3.50. The van der Waals surface area contributed by atoms with Crippen LogP contribution in [-0.4, -0.2) is 37.6 Å². The molecular weight excluding hydrogens is 310 g/mol. The van der Waals surface area contributed by atoms with Gasteiger partial charge in [0.05, 0.1) is 4.90 Å². The van der Waals surface area contributed by atoms with E-state index in [1.807, 2.05) is 11.8 Å². The summed E-state index contributed by atoms with van der Waals surface area (Å²) in [5, 5.41) is 0. The smallest absolute Gasteiger partial charge is 0.254 e. The predicted octanol–water partition coefficient (Wildman–Crippen LogP) is 3.44. The Kier molecular flexibility index (Phi) is 5.19. The molecular formula is C18H27NO3S. The van der Waals surface area contributed by atoms with Gasteiger partial charge in [0.15, 0.2) is 9.84 Å². The molecule has 0 aromatic heterocycles. The molecule has 128 valence electrons. The summed E-state index contributed by atoms with van der Waals surface area (Å²) in [6.07, 6.45) is 4.26. The van der Waals surface area contributed by atoms with E-state index in [0.717, 1.165) is 24.8 Å². The molecule has 0 heterocycles. The largest absolute Gasteiger partial charge is 0.333 e. The van der Waals surface area contributed by atoms with E-state index < -0.39 is 9.84 Å². The summed E-state index contributed by atoms with van der Waals surface area (Å²) in [6.45, 7) is 8.25. The Morgan fingerprint density at radius 2 is 1.91 bits per heavy atom. The van der Waals surface area contributed by atoms with E-state index in [4.69, 9.17) is 0 Å². The Hall–Kier alpha value is -1.36. The maximum absolute atomic E-state index is 13.1. The average Bonchev–Trinajstić information content (AvgIpc) is 3.30. The molecule has 23 heavy (non-hydrogen) atoms. The zero-order valence-corrected chi connectivity index (χ0v) is 15.5. The number of benzene rings is 1. The van der Waals surface area contributed by atoms with Gasteiger partial charge in [0.1, 0.15) is 0 Å². The van der Waals surface area contributed by atoms with E-state index in [1.165, 1.54) is 12.3 Å². The number of rotatable bonds is 6. The fourth-order valence-electron chi connectivity index (χ4n) is 2.85. The van der Waals surface area contributed by atoms with Crippen LogP contribution in [0.3, 0.4) is 0 Å². The summed E-state index contributed by atoms with van der Waals surface area (Å²) in [5.74, 6) is 0.376. The zero-order valence-electron chi connectivity index (χ0n) is 14.7. The maximum atomic E-state index is 13.1. The molecule has 0 radical (unpaired) electrons. The van der Waals surface area contributed by atoms with Gasteiger partial charge in [-0.2, -0.15) is 0 Å². The van der Waals surface area contributed by atoms with Crippen molar-refractivity contribution in [3.63, 3.8) is 0 Å². The molecule has 0 spiro atoms. The van der Waals surface area contributed by atoms with E-state index in [1.54, 1.807) is 12.1 Å². The molecule has 5 heteroatoms. The number of carbonyl (C=O) groups excluding carboxylic acids is 1.